The van der Waals surface area contributed by atoms with Gasteiger partial charge in [-0.2, -0.15) is 0 Å². The predicted molar refractivity (Wildman–Crippen MR) is 136 cm³/mol. The number of ether oxygens (including phenoxy) is 5. The normalized spacial score (nSPS) is 46.4. The topological polar surface area (TPSA) is 124 Å². The van der Waals surface area contributed by atoms with E-state index < -0.39 is 65.0 Å². The fourth-order valence-electron chi connectivity index (χ4n) is 6.89. The summed E-state index contributed by atoms with van der Waals surface area (Å²) in [7, 11) is 0. The van der Waals surface area contributed by atoms with Crippen LogP contribution < -0.4 is 0 Å². The van der Waals surface area contributed by atoms with Gasteiger partial charge in [0.05, 0.1) is 30.8 Å². The van der Waals surface area contributed by atoms with E-state index >= 15 is 0 Å². The molecular formula is C29H38O9. The van der Waals surface area contributed by atoms with Gasteiger partial charge < -0.3 is 33.9 Å². The molecule has 208 valence electrons. The molecule has 2 bridgehead atoms. The van der Waals surface area contributed by atoms with E-state index in [0.717, 1.165) is 17.6 Å². The second-order valence-electron chi connectivity index (χ2n) is 11.5. The van der Waals surface area contributed by atoms with Crippen molar-refractivity contribution in [2.45, 2.75) is 89.2 Å². The molecule has 9 nitrogen and oxygen atoms in total. The Morgan fingerprint density at radius 3 is 2.53 bits per heavy atom. The van der Waals surface area contributed by atoms with Crippen molar-refractivity contribution in [1.29, 1.82) is 0 Å². The number of hydrogen-bond donors (Lipinski definition) is 2. The smallest absolute Gasteiger partial charge is 0.331 e. The molecule has 0 unspecified atom stereocenters. The maximum absolute atomic E-state index is 13.0. The summed E-state index contributed by atoms with van der Waals surface area (Å²) < 4.78 is 30.1. The van der Waals surface area contributed by atoms with E-state index in [9.17, 15) is 19.8 Å². The molecule has 9 heteroatoms. The molecule has 5 aliphatic rings. The average Bonchev–Trinajstić information content (AvgIpc) is 3.64. The Kier molecular flexibility index (Phi) is 7.19. The van der Waals surface area contributed by atoms with Crippen molar-refractivity contribution in [2.24, 2.45) is 10.8 Å². The third-order valence-electron chi connectivity index (χ3n) is 9.26. The fourth-order valence-corrected chi connectivity index (χ4v) is 6.89. The Hall–Kier alpha value is -2.30. The van der Waals surface area contributed by atoms with Gasteiger partial charge in [-0.15, -0.1) is 0 Å². The number of aliphatic hydroxyl groups is 2. The monoisotopic (exact) mass is 530 g/mol. The van der Waals surface area contributed by atoms with Gasteiger partial charge in [0.15, 0.2) is 0 Å². The molecule has 0 aromatic heterocycles. The van der Waals surface area contributed by atoms with Crippen LogP contribution in [0.25, 0.3) is 0 Å². The van der Waals surface area contributed by atoms with Crippen molar-refractivity contribution in [3.8, 4) is 0 Å². The lowest BCUT2D eigenvalue weighted by molar-refractivity contribution is -0.232. The van der Waals surface area contributed by atoms with Gasteiger partial charge in [-0.1, -0.05) is 42.4 Å². The molecule has 3 fully saturated rings. The summed E-state index contributed by atoms with van der Waals surface area (Å²) in [6, 6.07) is 0. The van der Waals surface area contributed by atoms with E-state index in [-0.39, 0.29) is 6.61 Å². The summed E-state index contributed by atoms with van der Waals surface area (Å²) in [5.74, 6) is -1.11. The highest BCUT2D eigenvalue weighted by Gasteiger charge is 2.85. The molecular weight excluding hydrogens is 492 g/mol. The van der Waals surface area contributed by atoms with Crippen LogP contribution in [-0.2, 0) is 33.3 Å². The number of esters is 2. The van der Waals surface area contributed by atoms with E-state index in [1.54, 1.807) is 19.1 Å². The first-order chi connectivity index (χ1) is 18.0. The van der Waals surface area contributed by atoms with E-state index in [0.29, 0.717) is 26.1 Å². The fraction of sp³-hybridized carbons (Fsp3) is 0.655. The molecule has 9 atom stereocenters. The maximum atomic E-state index is 13.0. The first kappa shape index (κ1) is 27.3. The lowest BCUT2D eigenvalue weighted by Gasteiger charge is -2.58. The predicted octanol–water partition coefficient (Wildman–Crippen LogP) is 2.31. The van der Waals surface area contributed by atoms with Crippen molar-refractivity contribution in [2.75, 3.05) is 19.8 Å². The van der Waals surface area contributed by atoms with Crippen LogP contribution in [0.5, 0.6) is 0 Å². The summed E-state index contributed by atoms with van der Waals surface area (Å²) in [5.41, 5.74) is -0.543. The van der Waals surface area contributed by atoms with Crippen LogP contribution in [0.15, 0.2) is 47.6 Å². The van der Waals surface area contributed by atoms with E-state index in [4.69, 9.17) is 23.7 Å². The van der Waals surface area contributed by atoms with Crippen molar-refractivity contribution >= 4 is 11.9 Å². The van der Waals surface area contributed by atoms with Crippen LogP contribution in [0.3, 0.4) is 0 Å². The number of carbonyl (C=O) groups excluding carboxylic acids is 2. The molecule has 3 aliphatic heterocycles. The zero-order valence-corrected chi connectivity index (χ0v) is 22.4. The maximum Gasteiger partial charge on any atom is 0.331 e. The van der Waals surface area contributed by atoms with Gasteiger partial charge in [-0.25, -0.2) is 9.59 Å². The second kappa shape index (κ2) is 10.0. The lowest BCUT2D eigenvalue weighted by atomic mass is 9.51. The SMILES string of the molecule is CC1=C[C@H]2O[C@@H]3[C@H](O)[C@H]4OC(=O)/C=C\C=C[C@H]([C@H](C)O)OCC/C(C)=C/C(=O)OC[C@@]2(CC1)[C@]4(C)[C@]31CO1. The van der Waals surface area contributed by atoms with Crippen molar-refractivity contribution in [3.05, 3.63) is 47.6 Å². The molecule has 2 saturated heterocycles. The van der Waals surface area contributed by atoms with Gasteiger partial charge in [0, 0.05) is 17.6 Å². The average molecular weight is 531 g/mol. The number of rotatable bonds is 1. The van der Waals surface area contributed by atoms with Gasteiger partial charge >= 0.3 is 11.9 Å². The standard InChI is InChI=1S/C29H38O9/c1-17-9-11-28-15-35-23(32)14-18(2)10-12-34-20(19(3)30)7-5-6-8-22(31)38-25-24(33)26(37-21(28)13-17)29(16-36-29)27(25,28)4/h5-8,13-14,19-21,24-26,30,33H,9-12,15-16H2,1-4H3/b7-5?,8-6-,18-14+/t19-,20+,21+,24+,25+,26+,27+,28+,29-/m0/s1. The highest BCUT2D eigenvalue weighted by Crippen LogP contribution is 2.72. The van der Waals surface area contributed by atoms with Crippen molar-refractivity contribution < 1.29 is 43.5 Å². The quantitative estimate of drug-likeness (QED) is 0.299. The zero-order chi connectivity index (χ0) is 27.3. The minimum absolute atomic E-state index is 0.0261. The zero-order valence-electron chi connectivity index (χ0n) is 22.4. The largest absolute Gasteiger partial charge is 0.462 e. The number of carbonyl (C=O) groups is 2. The first-order valence-corrected chi connectivity index (χ1v) is 13.4. The van der Waals surface area contributed by atoms with Crippen LogP contribution in [0.1, 0.15) is 47.0 Å². The lowest BCUT2D eigenvalue weighted by Crippen LogP contribution is -2.66. The van der Waals surface area contributed by atoms with Gasteiger partial charge in [0.1, 0.15) is 36.6 Å². The molecule has 2 N–H and O–H groups in total. The summed E-state index contributed by atoms with van der Waals surface area (Å²) in [6.07, 6.45) is 6.92. The van der Waals surface area contributed by atoms with Crippen molar-refractivity contribution in [3.63, 3.8) is 0 Å². The van der Waals surface area contributed by atoms with Crippen molar-refractivity contribution in [1.82, 2.24) is 0 Å². The molecule has 0 amide bonds. The minimum Gasteiger partial charge on any atom is -0.462 e. The summed E-state index contributed by atoms with van der Waals surface area (Å²) in [5, 5.41) is 21.5. The Bertz CT molecular complexity index is 1080. The third-order valence-corrected chi connectivity index (χ3v) is 9.26. The summed E-state index contributed by atoms with van der Waals surface area (Å²) >= 11 is 0. The molecule has 3 heterocycles. The third kappa shape index (κ3) is 4.29. The second-order valence-corrected chi connectivity index (χ2v) is 11.5. The highest BCUT2D eigenvalue weighted by molar-refractivity contribution is 5.83. The molecule has 2 aliphatic carbocycles. The van der Waals surface area contributed by atoms with Crippen LogP contribution in [-0.4, -0.2) is 84.2 Å². The number of hydrogen-bond acceptors (Lipinski definition) is 9. The highest BCUT2D eigenvalue weighted by atomic mass is 16.7. The van der Waals surface area contributed by atoms with E-state index in [1.807, 2.05) is 26.8 Å². The minimum atomic E-state index is -1.11. The number of allylic oxidation sites excluding steroid dienone is 3. The number of epoxide rings is 1. The Balaban J connectivity index is 1.54. The molecule has 0 radical (unpaired) electrons. The first-order valence-electron chi connectivity index (χ1n) is 13.4. The van der Waals surface area contributed by atoms with Crippen LogP contribution in [0.2, 0.25) is 0 Å². The van der Waals surface area contributed by atoms with E-state index in [2.05, 4.69) is 0 Å². The molecule has 38 heavy (non-hydrogen) atoms. The van der Waals surface area contributed by atoms with E-state index in [1.165, 1.54) is 18.2 Å². The summed E-state index contributed by atoms with van der Waals surface area (Å²) in [4.78, 5) is 25.9. The van der Waals surface area contributed by atoms with Crippen LogP contribution in [0.4, 0.5) is 0 Å². The Labute approximate surface area is 223 Å². The molecule has 0 aromatic rings. The Morgan fingerprint density at radius 2 is 1.82 bits per heavy atom. The van der Waals surface area contributed by atoms with Gasteiger partial charge in [0.25, 0.3) is 0 Å². The molecule has 0 aromatic carbocycles. The van der Waals surface area contributed by atoms with Crippen LogP contribution >= 0.6 is 0 Å². The van der Waals surface area contributed by atoms with Crippen LogP contribution in [0, 0.1) is 10.8 Å². The van der Waals surface area contributed by atoms with Gasteiger partial charge in [0.2, 0.25) is 0 Å². The summed E-state index contributed by atoms with van der Waals surface area (Å²) in [6.45, 7) is 8.14. The number of cyclic esters (lactones) is 1. The molecule has 2 spiro atoms. The molecule has 5 rings (SSSR count). The van der Waals surface area contributed by atoms with Gasteiger partial charge in [-0.05, 0) is 40.0 Å². The van der Waals surface area contributed by atoms with Gasteiger partial charge in [-0.3, -0.25) is 0 Å². The Morgan fingerprint density at radius 1 is 1.05 bits per heavy atom. The number of aliphatic hydroxyl groups excluding tert-OH is 2. The molecule has 1 saturated carbocycles.